The Hall–Kier alpha value is -1.96. The zero-order chi connectivity index (χ0) is 16.3. The molecule has 1 aromatic heterocycles. The summed E-state index contributed by atoms with van der Waals surface area (Å²) in [5, 5.41) is 20.6. The minimum absolute atomic E-state index is 0.00412. The second kappa shape index (κ2) is 6.87. The molecule has 1 aliphatic rings. The number of hydrogen-bond donors (Lipinski definition) is 1. The first-order valence-corrected chi connectivity index (χ1v) is 7.51. The number of halogens is 1. The highest BCUT2D eigenvalue weighted by Gasteiger charge is 2.38. The predicted molar refractivity (Wildman–Crippen MR) is 80.1 cm³/mol. The summed E-state index contributed by atoms with van der Waals surface area (Å²) < 4.78 is 0. The molecule has 1 aromatic rings. The molecule has 1 unspecified atom stereocenters. The van der Waals surface area contributed by atoms with Crippen molar-refractivity contribution < 1.29 is 14.8 Å². The van der Waals surface area contributed by atoms with Crippen molar-refractivity contribution in [2.24, 2.45) is 0 Å². The van der Waals surface area contributed by atoms with E-state index in [1.165, 1.54) is 0 Å². The van der Waals surface area contributed by atoms with Crippen LogP contribution in [-0.4, -0.2) is 38.1 Å². The number of aliphatic carboxylic acids is 1. The van der Waals surface area contributed by atoms with Gasteiger partial charge in [0, 0.05) is 6.04 Å². The molecule has 2 rings (SSSR count). The van der Waals surface area contributed by atoms with Gasteiger partial charge in [-0.1, -0.05) is 13.3 Å². The summed E-state index contributed by atoms with van der Waals surface area (Å²) in [6.45, 7) is 1.87. The molecule has 1 heterocycles. The summed E-state index contributed by atoms with van der Waals surface area (Å²) in [5.74, 6) is -1.02. The predicted octanol–water partition coefficient (Wildman–Crippen LogP) is 2.65. The maximum Gasteiger partial charge on any atom is 0.329 e. The van der Waals surface area contributed by atoms with Crippen LogP contribution in [0, 0.1) is 10.1 Å². The van der Waals surface area contributed by atoms with Crippen LogP contribution in [0.2, 0.25) is 5.28 Å². The Labute approximate surface area is 132 Å². The number of carbonyl (C=O) groups is 1. The molecule has 0 amide bonds. The molecule has 0 radical (unpaired) electrons. The van der Waals surface area contributed by atoms with E-state index in [1.807, 2.05) is 6.92 Å². The summed E-state index contributed by atoms with van der Waals surface area (Å²) >= 11 is 5.77. The lowest BCUT2D eigenvalue weighted by atomic mass is 9.89. The first-order chi connectivity index (χ1) is 10.5. The molecule has 0 bridgehead atoms. The summed E-state index contributed by atoms with van der Waals surface area (Å²) in [4.78, 5) is 31.4. The summed E-state index contributed by atoms with van der Waals surface area (Å²) in [6, 6.07) is -0.933. The van der Waals surface area contributed by atoms with Gasteiger partial charge in [-0.25, -0.2) is 9.78 Å². The molecule has 22 heavy (non-hydrogen) atoms. The molecule has 120 valence electrons. The maximum atomic E-state index is 11.6. The van der Waals surface area contributed by atoms with Gasteiger partial charge in [0.25, 0.3) is 0 Å². The molecule has 0 saturated heterocycles. The lowest BCUT2D eigenvalue weighted by Gasteiger charge is -2.41. The van der Waals surface area contributed by atoms with Gasteiger partial charge in [0.15, 0.2) is 0 Å². The largest absolute Gasteiger partial charge is 0.480 e. The molecule has 1 atom stereocenters. The van der Waals surface area contributed by atoms with Crippen LogP contribution in [0.1, 0.15) is 39.0 Å². The summed E-state index contributed by atoms with van der Waals surface area (Å²) in [5.41, 5.74) is -0.321. The smallest absolute Gasteiger partial charge is 0.329 e. The van der Waals surface area contributed by atoms with Crippen molar-refractivity contribution >= 4 is 29.1 Å². The van der Waals surface area contributed by atoms with E-state index in [-0.39, 0.29) is 22.8 Å². The van der Waals surface area contributed by atoms with Crippen molar-refractivity contribution in [2.75, 3.05) is 4.90 Å². The van der Waals surface area contributed by atoms with Crippen molar-refractivity contribution in [3.05, 3.63) is 21.6 Å². The zero-order valence-electron chi connectivity index (χ0n) is 12.1. The molecular formula is C13H17ClN4O4. The molecule has 0 aromatic carbocycles. The minimum Gasteiger partial charge on any atom is -0.480 e. The molecule has 0 spiro atoms. The molecule has 1 N–H and O–H groups in total. The quantitative estimate of drug-likeness (QED) is 0.465. The van der Waals surface area contributed by atoms with Crippen molar-refractivity contribution in [1.29, 1.82) is 0 Å². The molecular weight excluding hydrogens is 312 g/mol. The van der Waals surface area contributed by atoms with Crippen LogP contribution in [0.3, 0.4) is 0 Å². The van der Waals surface area contributed by atoms with Gasteiger partial charge >= 0.3 is 11.7 Å². The number of rotatable bonds is 7. The normalized spacial score (nSPS) is 15.9. The van der Waals surface area contributed by atoms with E-state index in [1.54, 1.807) is 4.90 Å². The maximum absolute atomic E-state index is 11.6. The molecule has 9 heteroatoms. The van der Waals surface area contributed by atoms with Crippen LogP contribution in [0.4, 0.5) is 11.5 Å². The van der Waals surface area contributed by atoms with E-state index in [0.717, 1.165) is 25.5 Å². The van der Waals surface area contributed by atoms with Crippen molar-refractivity contribution in [3.8, 4) is 0 Å². The van der Waals surface area contributed by atoms with Crippen LogP contribution in [0.25, 0.3) is 0 Å². The molecule has 1 fully saturated rings. The monoisotopic (exact) mass is 328 g/mol. The summed E-state index contributed by atoms with van der Waals surface area (Å²) in [7, 11) is 0. The van der Waals surface area contributed by atoms with E-state index in [2.05, 4.69) is 9.97 Å². The van der Waals surface area contributed by atoms with Gasteiger partial charge in [0.05, 0.1) is 4.92 Å². The van der Waals surface area contributed by atoms with Gasteiger partial charge in [-0.15, -0.1) is 0 Å². The van der Waals surface area contributed by atoms with E-state index in [9.17, 15) is 20.0 Å². The van der Waals surface area contributed by atoms with Gasteiger partial charge in [-0.2, -0.15) is 4.98 Å². The number of carboxylic acid groups (broad SMARTS) is 1. The van der Waals surface area contributed by atoms with Crippen molar-refractivity contribution in [1.82, 2.24) is 9.97 Å². The van der Waals surface area contributed by atoms with E-state index >= 15 is 0 Å². The van der Waals surface area contributed by atoms with E-state index in [0.29, 0.717) is 12.8 Å². The third kappa shape index (κ3) is 3.27. The highest BCUT2D eigenvalue weighted by atomic mass is 35.5. The van der Waals surface area contributed by atoms with Crippen molar-refractivity contribution in [3.63, 3.8) is 0 Å². The number of hydrogen-bond acceptors (Lipinski definition) is 6. The number of nitro groups is 1. The van der Waals surface area contributed by atoms with Gasteiger partial charge in [0.1, 0.15) is 12.2 Å². The van der Waals surface area contributed by atoms with Gasteiger partial charge in [-0.05, 0) is 37.3 Å². The van der Waals surface area contributed by atoms with Gasteiger partial charge < -0.3 is 10.0 Å². The SMILES string of the molecule is CCCC(C(=O)O)N(c1nc(Cl)ncc1[N+](=O)[O-])C1CCC1. The second-order valence-electron chi connectivity index (χ2n) is 5.24. The third-order valence-electron chi connectivity index (χ3n) is 3.81. The molecule has 1 saturated carbocycles. The Morgan fingerprint density at radius 1 is 1.64 bits per heavy atom. The topological polar surface area (TPSA) is 109 Å². The average Bonchev–Trinajstić information content (AvgIpc) is 2.39. The number of carboxylic acids is 1. The number of anilines is 1. The highest BCUT2D eigenvalue weighted by molar-refractivity contribution is 6.28. The highest BCUT2D eigenvalue weighted by Crippen LogP contribution is 2.36. The Bertz CT molecular complexity index is 579. The first-order valence-electron chi connectivity index (χ1n) is 7.13. The van der Waals surface area contributed by atoms with E-state index < -0.39 is 16.9 Å². The van der Waals surface area contributed by atoms with Gasteiger partial charge in [0.2, 0.25) is 11.1 Å². The molecule has 1 aliphatic carbocycles. The Balaban J connectivity index is 2.51. The fourth-order valence-electron chi connectivity index (χ4n) is 2.56. The molecule has 0 aliphatic heterocycles. The zero-order valence-corrected chi connectivity index (χ0v) is 12.9. The van der Waals surface area contributed by atoms with E-state index in [4.69, 9.17) is 11.6 Å². The Morgan fingerprint density at radius 2 is 2.32 bits per heavy atom. The summed E-state index contributed by atoms with van der Waals surface area (Å²) in [6.07, 6.45) is 4.59. The minimum atomic E-state index is -1.02. The second-order valence-corrected chi connectivity index (χ2v) is 5.58. The lowest BCUT2D eigenvalue weighted by Crippen LogP contribution is -2.51. The lowest BCUT2D eigenvalue weighted by molar-refractivity contribution is -0.384. The third-order valence-corrected chi connectivity index (χ3v) is 4.00. The van der Waals surface area contributed by atoms with Crippen LogP contribution in [0.5, 0.6) is 0 Å². The Morgan fingerprint density at radius 3 is 2.77 bits per heavy atom. The first kappa shape index (κ1) is 16.4. The fourth-order valence-corrected chi connectivity index (χ4v) is 2.69. The Kier molecular flexibility index (Phi) is 5.12. The van der Waals surface area contributed by atoms with Crippen LogP contribution < -0.4 is 4.90 Å². The van der Waals surface area contributed by atoms with Crippen LogP contribution in [0.15, 0.2) is 6.20 Å². The van der Waals surface area contributed by atoms with Crippen LogP contribution in [-0.2, 0) is 4.79 Å². The molecule has 8 nitrogen and oxygen atoms in total. The van der Waals surface area contributed by atoms with Gasteiger partial charge in [-0.3, -0.25) is 10.1 Å². The van der Waals surface area contributed by atoms with Crippen molar-refractivity contribution in [2.45, 2.75) is 51.1 Å². The fraction of sp³-hybridized carbons (Fsp3) is 0.615. The standard InChI is InChI=1S/C13H17ClN4O4/c1-2-4-9(12(19)20)17(8-5-3-6-8)11-10(18(21)22)7-15-13(14)16-11/h7-9H,2-6H2,1H3,(H,19,20). The average molecular weight is 329 g/mol. The number of aromatic nitrogens is 2. The van der Waals surface area contributed by atoms with Crippen LogP contribution >= 0.6 is 11.6 Å². The number of nitrogens with zero attached hydrogens (tertiary/aromatic N) is 4.